The first-order chi connectivity index (χ1) is 14.5. The van der Waals surface area contributed by atoms with Gasteiger partial charge in [-0.3, -0.25) is 4.90 Å². The van der Waals surface area contributed by atoms with Crippen molar-refractivity contribution in [3.8, 4) is 11.3 Å². The Kier molecular flexibility index (Phi) is 5.13. The summed E-state index contributed by atoms with van der Waals surface area (Å²) in [5, 5.41) is 9.30. The van der Waals surface area contributed by atoms with Crippen LogP contribution in [0.5, 0.6) is 0 Å². The van der Waals surface area contributed by atoms with Gasteiger partial charge < -0.3 is 5.11 Å². The topological polar surface area (TPSA) is 79.2 Å². The van der Waals surface area contributed by atoms with Gasteiger partial charge in [0.2, 0.25) is 11.9 Å². The van der Waals surface area contributed by atoms with Crippen molar-refractivity contribution >= 4 is 23.3 Å². The molecule has 8 heteroatoms. The fourth-order valence-electron chi connectivity index (χ4n) is 2.93. The van der Waals surface area contributed by atoms with E-state index >= 15 is 0 Å². The molecular weight excluding hydrogens is 390 g/mol. The zero-order valence-electron chi connectivity index (χ0n) is 15.4. The molecule has 0 aliphatic rings. The fourth-order valence-corrected chi connectivity index (χ4v) is 2.93. The molecule has 0 radical (unpaired) electrons. The molecule has 3 aromatic heterocycles. The lowest BCUT2D eigenvalue weighted by Crippen LogP contribution is -2.15. The molecule has 1 N–H and O–H groups in total. The first-order valence-corrected chi connectivity index (χ1v) is 8.88. The van der Waals surface area contributed by atoms with Crippen LogP contribution in [0.15, 0.2) is 78.9 Å². The molecule has 30 heavy (non-hydrogen) atoms. The summed E-state index contributed by atoms with van der Waals surface area (Å²) in [6.45, 7) is 0. The lowest BCUT2D eigenvalue weighted by molar-refractivity contribution is 0.0690. The lowest BCUT2D eigenvalue weighted by atomic mass is 10.2. The molecule has 0 saturated carbocycles. The molecule has 0 saturated heterocycles. The number of aromatic carboxylic acids is 1. The molecule has 0 spiro atoms. The Labute approximate surface area is 170 Å². The number of pyridine rings is 3. The van der Waals surface area contributed by atoms with Gasteiger partial charge in [-0.2, -0.15) is 13.8 Å². The van der Waals surface area contributed by atoms with Gasteiger partial charge in [-0.1, -0.05) is 30.3 Å². The first-order valence-electron chi connectivity index (χ1n) is 8.88. The van der Waals surface area contributed by atoms with Crippen LogP contribution in [0.3, 0.4) is 0 Å². The average molecular weight is 404 g/mol. The van der Waals surface area contributed by atoms with E-state index in [1.807, 2.05) is 30.3 Å². The summed E-state index contributed by atoms with van der Waals surface area (Å²) in [5.41, 5.74) is 0.833. The molecule has 6 nitrogen and oxygen atoms in total. The molecule has 0 fully saturated rings. The SMILES string of the molecule is O=C(O)c1cccc(N(c2ccccc2)c2cccc(-c3ccc(F)nc3F)n2)n1. The molecular formula is C22H14F2N4O2. The highest BCUT2D eigenvalue weighted by atomic mass is 19.1. The summed E-state index contributed by atoms with van der Waals surface area (Å²) in [6, 6.07) is 20.9. The van der Waals surface area contributed by atoms with Gasteiger partial charge in [-0.15, -0.1) is 0 Å². The molecule has 4 rings (SSSR count). The van der Waals surface area contributed by atoms with Crippen molar-refractivity contribution < 1.29 is 18.7 Å². The van der Waals surface area contributed by atoms with Gasteiger partial charge >= 0.3 is 5.97 Å². The average Bonchev–Trinajstić information content (AvgIpc) is 2.75. The van der Waals surface area contributed by atoms with Crippen LogP contribution in [-0.4, -0.2) is 26.0 Å². The van der Waals surface area contributed by atoms with Crippen molar-refractivity contribution in [2.24, 2.45) is 0 Å². The summed E-state index contributed by atoms with van der Waals surface area (Å²) in [4.78, 5) is 24.9. The van der Waals surface area contributed by atoms with Gasteiger partial charge in [-0.25, -0.2) is 14.8 Å². The number of hydrogen-bond donors (Lipinski definition) is 1. The van der Waals surface area contributed by atoms with E-state index < -0.39 is 17.9 Å². The van der Waals surface area contributed by atoms with E-state index in [9.17, 15) is 18.7 Å². The number of anilines is 3. The Bertz CT molecular complexity index is 1220. The van der Waals surface area contributed by atoms with E-state index in [0.29, 0.717) is 17.3 Å². The predicted molar refractivity (Wildman–Crippen MR) is 107 cm³/mol. The normalized spacial score (nSPS) is 10.6. The largest absolute Gasteiger partial charge is 0.477 e. The van der Waals surface area contributed by atoms with E-state index in [4.69, 9.17) is 0 Å². The summed E-state index contributed by atoms with van der Waals surface area (Å²) in [6.07, 6.45) is 0. The number of carboxylic acid groups (broad SMARTS) is 1. The minimum absolute atomic E-state index is 0.0403. The van der Waals surface area contributed by atoms with E-state index in [1.54, 1.807) is 35.2 Å². The molecule has 0 atom stereocenters. The van der Waals surface area contributed by atoms with E-state index in [0.717, 1.165) is 6.07 Å². The summed E-state index contributed by atoms with van der Waals surface area (Å²) in [5.74, 6) is -2.36. The van der Waals surface area contributed by atoms with Crippen molar-refractivity contribution in [3.05, 3.63) is 96.5 Å². The number of aromatic nitrogens is 3. The maximum Gasteiger partial charge on any atom is 0.354 e. The third-order valence-corrected chi connectivity index (χ3v) is 4.25. The van der Waals surface area contributed by atoms with Crippen LogP contribution in [0.4, 0.5) is 26.1 Å². The molecule has 0 aliphatic heterocycles. The molecule has 0 aliphatic carbocycles. The van der Waals surface area contributed by atoms with Crippen molar-refractivity contribution in [3.63, 3.8) is 0 Å². The third kappa shape index (κ3) is 3.83. The molecule has 1 aromatic carbocycles. The summed E-state index contributed by atoms with van der Waals surface area (Å²) in [7, 11) is 0. The zero-order valence-corrected chi connectivity index (χ0v) is 15.4. The van der Waals surface area contributed by atoms with Crippen molar-refractivity contribution in [1.29, 1.82) is 0 Å². The summed E-state index contributed by atoms with van der Waals surface area (Å²) < 4.78 is 27.4. The standard InChI is InChI=1S/C22H14F2N4O2/c23-18-13-12-15(21(24)27-18)16-8-4-10-19(25-16)28(14-6-2-1-3-7-14)20-11-5-9-17(26-20)22(29)30/h1-13H,(H,29,30). The van der Waals surface area contributed by atoms with Crippen molar-refractivity contribution in [1.82, 2.24) is 15.0 Å². The van der Waals surface area contributed by atoms with E-state index in [2.05, 4.69) is 15.0 Å². The molecule has 0 bridgehead atoms. The second-order valence-corrected chi connectivity index (χ2v) is 6.21. The number of nitrogens with zero attached hydrogens (tertiary/aromatic N) is 4. The van der Waals surface area contributed by atoms with Crippen LogP contribution in [0, 0.1) is 11.9 Å². The second kappa shape index (κ2) is 8.04. The highest BCUT2D eigenvalue weighted by Crippen LogP contribution is 2.33. The number of halogens is 2. The van der Waals surface area contributed by atoms with Crippen LogP contribution < -0.4 is 4.90 Å². The lowest BCUT2D eigenvalue weighted by Gasteiger charge is -2.23. The van der Waals surface area contributed by atoms with E-state index in [1.165, 1.54) is 12.1 Å². The van der Waals surface area contributed by atoms with Crippen LogP contribution in [0.1, 0.15) is 10.5 Å². The summed E-state index contributed by atoms with van der Waals surface area (Å²) >= 11 is 0. The van der Waals surface area contributed by atoms with Gasteiger partial charge in [0.25, 0.3) is 0 Å². The van der Waals surface area contributed by atoms with Crippen molar-refractivity contribution in [2.75, 3.05) is 4.90 Å². The van der Waals surface area contributed by atoms with Gasteiger partial charge in [0.15, 0.2) is 5.69 Å². The second-order valence-electron chi connectivity index (χ2n) is 6.21. The van der Waals surface area contributed by atoms with Crippen molar-refractivity contribution in [2.45, 2.75) is 0 Å². The molecule has 4 aromatic rings. The van der Waals surface area contributed by atoms with E-state index in [-0.39, 0.29) is 17.0 Å². The van der Waals surface area contributed by atoms with Crippen LogP contribution in [-0.2, 0) is 0 Å². The molecule has 0 amide bonds. The molecule has 3 heterocycles. The predicted octanol–water partition coefficient (Wildman–Crippen LogP) is 4.98. The number of carboxylic acids is 1. The Morgan fingerprint density at radius 3 is 2.17 bits per heavy atom. The van der Waals surface area contributed by atoms with Gasteiger partial charge in [0.05, 0.1) is 11.3 Å². The van der Waals surface area contributed by atoms with Gasteiger partial charge in [0.1, 0.15) is 11.6 Å². The Morgan fingerprint density at radius 2 is 1.47 bits per heavy atom. The number of hydrogen-bond acceptors (Lipinski definition) is 5. The van der Waals surface area contributed by atoms with Crippen LogP contribution in [0.25, 0.3) is 11.3 Å². The Balaban J connectivity index is 1.86. The smallest absolute Gasteiger partial charge is 0.354 e. The zero-order chi connectivity index (χ0) is 21.1. The number of para-hydroxylation sites is 1. The first kappa shape index (κ1) is 19.1. The minimum atomic E-state index is -1.16. The Hall–Kier alpha value is -4.20. The fraction of sp³-hybridized carbons (Fsp3) is 0. The number of rotatable bonds is 5. The third-order valence-electron chi connectivity index (χ3n) is 4.25. The maximum absolute atomic E-state index is 14.2. The highest BCUT2D eigenvalue weighted by molar-refractivity contribution is 5.86. The van der Waals surface area contributed by atoms with Gasteiger partial charge in [0, 0.05) is 5.69 Å². The highest BCUT2D eigenvalue weighted by Gasteiger charge is 2.18. The van der Waals surface area contributed by atoms with Crippen LogP contribution in [0.2, 0.25) is 0 Å². The number of carbonyl (C=O) groups is 1. The molecule has 0 unspecified atom stereocenters. The minimum Gasteiger partial charge on any atom is -0.477 e. The van der Waals surface area contributed by atoms with Crippen LogP contribution >= 0.6 is 0 Å². The molecule has 148 valence electrons. The quantitative estimate of drug-likeness (QED) is 0.473. The number of benzene rings is 1. The Morgan fingerprint density at radius 1 is 0.767 bits per heavy atom. The maximum atomic E-state index is 14.2. The monoisotopic (exact) mass is 404 g/mol. The van der Waals surface area contributed by atoms with Gasteiger partial charge in [-0.05, 0) is 48.5 Å².